The maximum Gasteiger partial charge on any atom is 0.337 e. The van der Waals surface area contributed by atoms with E-state index in [0.29, 0.717) is 6.54 Å². The average molecular weight is 143 g/mol. The predicted molar refractivity (Wildman–Crippen MR) is 35.2 cm³/mol. The summed E-state index contributed by atoms with van der Waals surface area (Å²) in [7, 11) is 1.75. The quantitative estimate of drug-likeness (QED) is 0.248. The molecular weight excluding hydrogens is 134 g/mol. The van der Waals surface area contributed by atoms with E-state index in [4.69, 9.17) is 0 Å². The maximum atomic E-state index is 10.3. The smallest absolute Gasteiger partial charge is 0.337 e. The van der Waals surface area contributed by atoms with Crippen molar-refractivity contribution in [1.82, 2.24) is 5.32 Å². The Kier molecular flexibility index (Phi) is 5.28. The highest BCUT2D eigenvalue weighted by atomic mass is 16.6. The van der Waals surface area contributed by atoms with Gasteiger partial charge in [-0.3, -0.25) is 4.79 Å². The molecule has 0 bridgehead atoms. The molecule has 56 valence electrons. The van der Waals surface area contributed by atoms with E-state index < -0.39 is 5.97 Å². The largest absolute Gasteiger partial charge is 0.392 e. The van der Waals surface area contributed by atoms with Gasteiger partial charge in [-0.05, 0) is 7.05 Å². The molecule has 0 aliphatic rings. The van der Waals surface area contributed by atoms with Gasteiger partial charge >= 0.3 is 12.4 Å². The van der Waals surface area contributed by atoms with Crippen molar-refractivity contribution in [3.8, 4) is 0 Å². The number of esters is 1. The second-order valence-electron chi connectivity index (χ2n) is 1.49. The van der Waals surface area contributed by atoms with Gasteiger partial charge in [0.1, 0.15) is 0 Å². The molecule has 0 aromatic rings. The number of carbonyl (C=O) groups excluding carboxylic acids is 2. The van der Waals surface area contributed by atoms with E-state index in [9.17, 15) is 9.59 Å². The summed E-state index contributed by atoms with van der Waals surface area (Å²) in [5.74, 6) is -0.648. The monoisotopic (exact) mass is 143 g/mol. The summed E-state index contributed by atoms with van der Waals surface area (Å²) in [6.45, 7) is 0.681. The molecule has 0 radical (unpaired) electrons. The zero-order valence-corrected chi connectivity index (χ0v) is 5.66. The van der Waals surface area contributed by atoms with Gasteiger partial charge in [0.15, 0.2) is 0 Å². The molecule has 0 aliphatic carbocycles. The molecule has 1 N–H and O–H groups in total. The number of nitrogens with one attached hydrogen (secondary N) is 1. The molecule has 4 heteroatoms. The van der Waals surface area contributed by atoms with E-state index in [0.717, 1.165) is 0 Å². The van der Waals surface area contributed by atoms with Gasteiger partial charge < -0.3 is 10.1 Å². The maximum absolute atomic E-state index is 10.3. The van der Waals surface area contributed by atoms with Crippen LogP contribution in [0.25, 0.3) is 0 Å². The van der Waals surface area contributed by atoms with Gasteiger partial charge in [0.05, 0.1) is 0 Å². The van der Waals surface area contributed by atoms with Crippen LogP contribution in [0.1, 0.15) is 0 Å². The van der Waals surface area contributed by atoms with E-state index in [1.807, 2.05) is 0 Å². The van der Waals surface area contributed by atoms with Gasteiger partial charge in [0, 0.05) is 12.6 Å². The Balaban J connectivity index is 3.45. The molecular formula is C6H9NO3. The molecule has 0 aromatic heterocycles. The highest BCUT2D eigenvalue weighted by molar-refractivity contribution is 5.86. The second kappa shape index (κ2) is 5.97. The van der Waals surface area contributed by atoms with Gasteiger partial charge in [-0.25, -0.2) is 4.79 Å². The van der Waals surface area contributed by atoms with Crippen LogP contribution in [0.5, 0.6) is 0 Å². The summed E-state index contributed by atoms with van der Waals surface area (Å²) in [5.41, 5.74) is 0. The molecule has 4 nitrogen and oxygen atoms in total. The lowest BCUT2D eigenvalue weighted by atomic mass is 10.5. The third-order valence-corrected chi connectivity index (χ3v) is 0.740. The zero-order valence-electron chi connectivity index (χ0n) is 5.66. The number of rotatable bonds is 4. The fraction of sp³-hybridized carbons (Fsp3) is 0.333. The van der Waals surface area contributed by atoms with E-state index >= 15 is 0 Å². The minimum atomic E-state index is -0.648. The zero-order chi connectivity index (χ0) is 7.82. The fourth-order valence-electron chi connectivity index (χ4n) is 0.360. The molecule has 0 aliphatic heterocycles. The number of hydrogen-bond donors (Lipinski definition) is 1. The Morgan fingerprint density at radius 3 is 2.90 bits per heavy atom. The number of ether oxygens (including phenoxy) is 1. The first-order chi connectivity index (χ1) is 4.81. The summed E-state index contributed by atoms with van der Waals surface area (Å²) in [6, 6.07) is 0. The van der Waals surface area contributed by atoms with Crippen LogP contribution in [-0.4, -0.2) is 26.0 Å². The summed E-state index contributed by atoms with van der Waals surface area (Å²) in [4.78, 5) is 19.9. The van der Waals surface area contributed by atoms with Gasteiger partial charge in [0.25, 0.3) is 0 Å². The normalized spacial score (nSPS) is 9.70. The van der Waals surface area contributed by atoms with Crippen molar-refractivity contribution in [3.05, 3.63) is 12.2 Å². The molecule has 0 amide bonds. The first-order valence-corrected chi connectivity index (χ1v) is 2.76. The van der Waals surface area contributed by atoms with Gasteiger partial charge in [-0.2, -0.15) is 0 Å². The minimum absolute atomic E-state index is 0.103. The van der Waals surface area contributed by atoms with Crippen LogP contribution >= 0.6 is 0 Å². The highest BCUT2D eigenvalue weighted by Gasteiger charge is 1.90. The first-order valence-electron chi connectivity index (χ1n) is 2.76. The van der Waals surface area contributed by atoms with E-state index in [1.165, 1.54) is 6.08 Å². The van der Waals surface area contributed by atoms with Crippen molar-refractivity contribution in [2.45, 2.75) is 0 Å². The standard InChI is InChI=1S/C6H9NO3/c1-7-4-2-3-6(9)10-5-8/h2-3,5,7H,4H2,1H3/b3-2+. The van der Waals surface area contributed by atoms with E-state index in [1.54, 1.807) is 13.1 Å². The molecule has 0 unspecified atom stereocenters. The average Bonchev–Trinajstić information content (AvgIpc) is 1.89. The third kappa shape index (κ3) is 4.99. The van der Waals surface area contributed by atoms with Crippen LogP contribution in [0.4, 0.5) is 0 Å². The Hall–Kier alpha value is -1.16. The molecule has 0 saturated carbocycles. The van der Waals surface area contributed by atoms with Gasteiger partial charge in [-0.1, -0.05) is 6.08 Å². The molecule has 0 rings (SSSR count). The van der Waals surface area contributed by atoms with Crippen molar-refractivity contribution < 1.29 is 14.3 Å². The van der Waals surface area contributed by atoms with Crippen LogP contribution in [0.2, 0.25) is 0 Å². The fourth-order valence-corrected chi connectivity index (χ4v) is 0.360. The second-order valence-corrected chi connectivity index (χ2v) is 1.49. The highest BCUT2D eigenvalue weighted by Crippen LogP contribution is 1.75. The number of hydrogen-bond acceptors (Lipinski definition) is 4. The lowest BCUT2D eigenvalue weighted by Crippen LogP contribution is -2.05. The van der Waals surface area contributed by atoms with Crippen LogP contribution in [-0.2, 0) is 14.3 Å². The third-order valence-electron chi connectivity index (χ3n) is 0.740. The SMILES string of the molecule is CNC/C=C/C(=O)OC=O. The Morgan fingerprint density at radius 1 is 1.70 bits per heavy atom. The number of likely N-dealkylation sites (N-methyl/N-ethyl adjacent to an activating group) is 1. The molecule has 0 saturated heterocycles. The van der Waals surface area contributed by atoms with Crippen molar-refractivity contribution in [2.75, 3.05) is 13.6 Å². The van der Waals surface area contributed by atoms with Crippen LogP contribution in [0.3, 0.4) is 0 Å². The lowest BCUT2D eigenvalue weighted by molar-refractivity contribution is -0.147. The van der Waals surface area contributed by atoms with Crippen molar-refractivity contribution >= 4 is 12.4 Å². The lowest BCUT2D eigenvalue weighted by Gasteiger charge is -1.87. The van der Waals surface area contributed by atoms with Crippen LogP contribution < -0.4 is 5.32 Å². The molecule has 10 heavy (non-hydrogen) atoms. The summed E-state index contributed by atoms with van der Waals surface area (Å²) < 4.78 is 3.95. The molecule has 0 fully saturated rings. The topological polar surface area (TPSA) is 55.4 Å². The van der Waals surface area contributed by atoms with Crippen LogP contribution in [0.15, 0.2) is 12.2 Å². The number of carbonyl (C=O) groups is 2. The minimum Gasteiger partial charge on any atom is -0.392 e. The van der Waals surface area contributed by atoms with Gasteiger partial charge in [0.2, 0.25) is 0 Å². The molecule has 0 spiro atoms. The summed E-state index contributed by atoms with van der Waals surface area (Å²) in [6.07, 6.45) is 2.75. The van der Waals surface area contributed by atoms with Crippen LogP contribution in [0, 0.1) is 0 Å². The van der Waals surface area contributed by atoms with Crippen molar-refractivity contribution in [3.63, 3.8) is 0 Å². The van der Waals surface area contributed by atoms with Crippen molar-refractivity contribution in [2.24, 2.45) is 0 Å². The Labute approximate surface area is 58.9 Å². The van der Waals surface area contributed by atoms with E-state index in [2.05, 4.69) is 10.1 Å². The molecule has 0 atom stereocenters. The molecule has 0 aromatic carbocycles. The van der Waals surface area contributed by atoms with Crippen molar-refractivity contribution in [1.29, 1.82) is 0 Å². The van der Waals surface area contributed by atoms with E-state index in [-0.39, 0.29) is 6.47 Å². The predicted octanol–water partition coefficient (Wildman–Crippen LogP) is -0.538. The molecule has 0 heterocycles. The first kappa shape index (κ1) is 8.84. The summed E-state index contributed by atoms with van der Waals surface area (Å²) >= 11 is 0. The summed E-state index contributed by atoms with van der Waals surface area (Å²) in [5, 5.41) is 2.78. The van der Waals surface area contributed by atoms with Gasteiger partial charge in [-0.15, -0.1) is 0 Å². The Morgan fingerprint density at radius 2 is 2.40 bits per heavy atom. The Bertz CT molecular complexity index is 142.